The second-order valence-corrected chi connectivity index (χ2v) is 6.24. The summed E-state index contributed by atoms with van der Waals surface area (Å²) in [5.74, 6) is -0.557. The number of benzene rings is 2. The second-order valence-electron chi connectivity index (χ2n) is 5.83. The Morgan fingerprint density at radius 2 is 1.96 bits per heavy atom. The fourth-order valence-electron chi connectivity index (χ4n) is 2.63. The van der Waals surface area contributed by atoms with Gasteiger partial charge in [0.25, 0.3) is 11.8 Å². The molecular weight excluding hydrogens is 354 g/mol. The number of nitrogens with zero attached hydrogens (tertiary/aromatic N) is 1. The number of nitriles is 1. The van der Waals surface area contributed by atoms with Gasteiger partial charge < -0.3 is 15.4 Å². The van der Waals surface area contributed by atoms with Gasteiger partial charge in [-0.15, -0.1) is 0 Å². The highest BCUT2D eigenvalue weighted by molar-refractivity contribution is 6.32. The van der Waals surface area contributed by atoms with Crippen LogP contribution in [0.15, 0.2) is 42.5 Å². The molecule has 7 heteroatoms. The van der Waals surface area contributed by atoms with E-state index in [1.54, 1.807) is 30.3 Å². The zero-order valence-corrected chi connectivity index (χ0v) is 14.5. The first-order chi connectivity index (χ1) is 12.6. The summed E-state index contributed by atoms with van der Waals surface area (Å²) in [5, 5.41) is 14.6. The maximum Gasteiger partial charge on any atom is 0.255 e. The normalized spacial score (nSPS) is 15.9. The number of carbonyl (C=O) groups excluding carboxylic acids is 2. The van der Waals surface area contributed by atoms with Crippen molar-refractivity contribution in [3.05, 3.63) is 58.6 Å². The minimum absolute atomic E-state index is 0.209. The van der Waals surface area contributed by atoms with Gasteiger partial charge in [0.15, 0.2) is 0 Å². The summed E-state index contributed by atoms with van der Waals surface area (Å²) in [7, 11) is 0. The van der Waals surface area contributed by atoms with Crippen LogP contribution in [0.1, 0.15) is 28.8 Å². The van der Waals surface area contributed by atoms with E-state index in [2.05, 4.69) is 10.6 Å². The SMILES string of the molecule is N#Cc1ccc(NC(=O)c2cccc(NC(=O)C3CCCO3)c2)cc1Cl. The maximum atomic E-state index is 12.4. The highest BCUT2D eigenvalue weighted by Gasteiger charge is 2.23. The minimum Gasteiger partial charge on any atom is -0.368 e. The summed E-state index contributed by atoms with van der Waals surface area (Å²) in [6.45, 7) is 0.591. The van der Waals surface area contributed by atoms with Crippen molar-refractivity contribution >= 4 is 34.8 Å². The third-order valence-corrected chi connectivity index (χ3v) is 4.27. The van der Waals surface area contributed by atoms with Gasteiger partial charge in [-0.25, -0.2) is 0 Å². The number of hydrogen-bond donors (Lipinski definition) is 2. The second kappa shape index (κ2) is 8.00. The lowest BCUT2D eigenvalue weighted by Gasteiger charge is -2.11. The fourth-order valence-corrected chi connectivity index (χ4v) is 2.85. The third-order valence-electron chi connectivity index (χ3n) is 3.96. The Bertz CT molecular complexity index is 886. The zero-order chi connectivity index (χ0) is 18.5. The molecule has 2 N–H and O–H groups in total. The molecule has 1 saturated heterocycles. The molecule has 6 nitrogen and oxygen atoms in total. The van der Waals surface area contributed by atoms with Crippen LogP contribution in [0, 0.1) is 11.3 Å². The van der Waals surface area contributed by atoms with Gasteiger partial charge in [-0.2, -0.15) is 5.26 Å². The molecule has 2 amide bonds. The average molecular weight is 370 g/mol. The van der Waals surface area contributed by atoms with Crippen LogP contribution in [0.5, 0.6) is 0 Å². The van der Waals surface area contributed by atoms with Crippen molar-refractivity contribution in [2.75, 3.05) is 17.2 Å². The molecule has 1 atom stereocenters. The van der Waals surface area contributed by atoms with E-state index in [-0.39, 0.29) is 16.8 Å². The van der Waals surface area contributed by atoms with Gasteiger partial charge in [0, 0.05) is 23.5 Å². The Hall–Kier alpha value is -2.88. The number of anilines is 2. The number of nitrogens with one attached hydrogen (secondary N) is 2. The molecule has 0 spiro atoms. The Balaban J connectivity index is 1.69. The van der Waals surface area contributed by atoms with Gasteiger partial charge in [-0.1, -0.05) is 17.7 Å². The van der Waals surface area contributed by atoms with Gasteiger partial charge >= 0.3 is 0 Å². The molecule has 1 unspecified atom stereocenters. The lowest BCUT2D eigenvalue weighted by Crippen LogP contribution is -2.27. The molecule has 1 heterocycles. The van der Waals surface area contributed by atoms with E-state index in [0.29, 0.717) is 35.5 Å². The Labute approximate surface area is 155 Å². The van der Waals surface area contributed by atoms with E-state index >= 15 is 0 Å². The minimum atomic E-state index is -0.437. The molecular formula is C19H16ClN3O3. The van der Waals surface area contributed by atoms with Gasteiger partial charge in [-0.05, 0) is 49.2 Å². The fraction of sp³-hybridized carbons (Fsp3) is 0.211. The van der Waals surface area contributed by atoms with E-state index in [4.69, 9.17) is 21.6 Å². The molecule has 0 bridgehead atoms. The van der Waals surface area contributed by atoms with Crippen LogP contribution in [0.25, 0.3) is 0 Å². The number of hydrogen-bond acceptors (Lipinski definition) is 4. The van der Waals surface area contributed by atoms with Crippen molar-refractivity contribution in [1.82, 2.24) is 0 Å². The van der Waals surface area contributed by atoms with Gasteiger partial charge in [0.1, 0.15) is 12.2 Å². The van der Waals surface area contributed by atoms with Crippen LogP contribution in [-0.4, -0.2) is 24.5 Å². The van der Waals surface area contributed by atoms with E-state index < -0.39 is 6.10 Å². The monoisotopic (exact) mass is 369 g/mol. The van der Waals surface area contributed by atoms with Crippen molar-refractivity contribution in [2.24, 2.45) is 0 Å². The smallest absolute Gasteiger partial charge is 0.255 e. The average Bonchev–Trinajstić information content (AvgIpc) is 3.17. The molecule has 0 saturated carbocycles. The molecule has 0 aromatic heterocycles. The number of ether oxygens (including phenoxy) is 1. The van der Waals surface area contributed by atoms with Crippen LogP contribution in [-0.2, 0) is 9.53 Å². The molecule has 2 aromatic rings. The summed E-state index contributed by atoms with van der Waals surface area (Å²) in [4.78, 5) is 24.5. The number of halogens is 1. The predicted octanol–water partition coefficient (Wildman–Crippen LogP) is 3.58. The van der Waals surface area contributed by atoms with Crippen LogP contribution < -0.4 is 10.6 Å². The Morgan fingerprint density at radius 3 is 2.65 bits per heavy atom. The molecule has 0 radical (unpaired) electrons. The largest absolute Gasteiger partial charge is 0.368 e. The molecule has 132 valence electrons. The summed E-state index contributed by atoms with van der Waals surface area (Å²) in [5.41, 5.74) is 1.72. The molecule has 26 heavy (non-hydrogen) atoms. The van der Waals surface area contributed by atoms with Crippen molar-refractivity contribution in [3.63, 3.8) is 0 Å². The van der Waals surface area contributed by atoms with Crippen molar-refractivity contribution in [1.29, 1.82) is 5.26 Å². The molecule has 3 rings (SSSR count). The summed E-state index contributed by atoms with van der Waals surface area (Å²) in [6, 6.07) is 13.2. The molecule has 0 aliphatic carbocycles. The molecule has 1 fully saturated rings. The first-order valence-electron chi connectivity index (χ1n) is 8.10. The standard InChI is InChI=1S/C19H16ClN3O3/c20-16-10-15(7-6-13(16)11-21)22-18(24)12-3-1-4-14(9-12)23-19(25)17-5-2-8-26-17/h1,3-4,6-7,9-10,17H,2,5,8H2,(H,22,24)(H,23,25). The first kappa shape index (κ1) is 17.9. The lowest BCUT2D eigenvalue weighted by atomic mass is 10.1. The van der Waals surface area contributed by atoms with Crippen LogP contribution in [0.3, 0.4) is 0 Å². The predicted molar refractivity (Wildman–Crippen MR) is 98.2 cm³/mol. The highest BCUT2D eigenvalue weighted by atomic mass is 35.5. The summed E-state index contributed by atoms with van der Waals surface area (Å²) in [6.07, 6.45) is 1.13. The van der Waals surface area contributed by atoms with E-state index in [0.717, 1.165) is 6.42 Å². The van der Waals surface area contributed by atoms with E-state index in [1.165, 1.54) is 12.1 Å². The molecule has 1 aliphatic rings. The highest BCUT2D eigenvalue weighted by Crippen LogP contribution is 2.21. The topological polar surface area (TPSA) is 91.2 Å². The Kier molecular flexibility index (Phi) is 5.52. The van der Waals surface area contributed by atoms with Gasteiger partial charge in [0.2, 0.25) is 0 Å². The Morgan fingerprint density at radius 1 is 1.15 bits per heavy atom. The summed E-state index contributed by atoms with van der Waals surface area (Å²) >= 11 is 5.97. The van der Waals surface area contributed by atoms with Crippen molar-refractivity contribution in [2.45, 2.75) is 18.9 Å². The van der Waals surface area contributed by atoms with Crippen LogP contribution in [0.2, 0.25) is 5.02 Å². The number of rotatable bonds is 4. The quantitative estimate of drug-likeness (QED) is 0.861. The third kappa shape index (κ3) is 4.20. The van der Waals surface area contributed by atoms with Gasteiger partial charge in [0.05, 0.1) is 10.6 Å². The molecule has 2 aromatic carbocycles. The maximum absolute atomic E-state index is 12.4. The first-order valence-corrected chi connectivity index (χ1v) is 8.48. The van der Waals surface area contributed by atoms with Crippen molar-refractivity contribution < 1.29 is 14.3 Å². The lowest BCUT2D eigenvalue weighted by molar-refractivity contribution is -0.124. The van der Waals surface area contributed by atoms with Crippen LogP contribution >= 0.6 is 11.6 Å². The van der Waals surface area contributed by atoms with E-state index in [9.17, 15) is 9.59 Å². The van der Waals surface area contributed by atoms with E-state index in [1.807, 2.05) is 6.07 Å². The number of amides is 2. The zero-order valence-electron chi connectivity index (χ0n) is 13.8. The number of carbonyl (C=O) groups is 2. The summed E-state index contributed by atoms with van der Waals surface area (Å²) < 4.78 is 5.35. The van der Waals surface area contributed by atoms with Crippen LogP contribution in [0.4, 0.5) is 11.4 Å². The molecule has 1 aliphatic heterocycles. The van der Waals surface area contributed by atoms with Gasteiger partial charge in [-0.3, -0.25) is 9.59 Å². The van der Waals surface area contributed by atoms with Crippen molar-refractivity contribution in [3.8, 4) is 6.07 Å².